The molecule has 96 valence electrons. The van der Waals surface area contributed by atoms with Gasteiger partial charge in [0.05, 0.1) is 0 Å². The Hall–Kier alpha value is 0.0700. The molecule has 0 aliphatic rings. The smallest absolute Gasteiger partial charge is 0.128 e. The van der Waals surface area contributed by atoms with Crippen LogP contribution >= 0.6 is 31.9 Å². The van der Waals surface area contributed by atoms with E-state index >= 15 is 0 Å². The molecule has 1 rings (SSSR count). The van der Waals surface area contributed by atoms with Gasteiger partial charge in [0.15, 0.2) is 0 Å². The third-order valence-electron chi connectivity index (χ3n) is 2.63. The van der Waals surface area contributed by atoms with Gasteiger partial charge < -0.3 is 4.90 Å². The Morgan fingerprint density at radius 3 is 2.65 bits per heavy atom. The molecule has 17 heavy (non-hydrogen) atoms. The van der Waals surface area contributed by atoms with Crippen LogP contribution in [-0.2, 0) is 6.54 Å². The molecule has 1 aromatic carbocycles. The number of unbranched alkanes of at least 4 members (excludes halogenated alkanes) is 2. The van der Waals surface area contributed by atoms with Gasteiger partial charge in [-0.1, -0.05) is 44.3 Å². The van der Waals surface area contributed by atoms with Crippen LogP contribution in [0.15, 0.2) is 22.7 Å². The molecule has 0 spiro atoms. The zero-order valence-electron chi connectivity index (χ0n) is 10.1. The molecule has 0 unspecified atom stereocenters. The van der Waals surface area contributed by atoms with Gasteiger partial charge in [0.25, 0.3) is 0 Å². The molecule has 0 saturated carbocycles. The first-order valence-corrected chi connectivity index (χ1v) is 7.73. The highest BCUT2D eigenvalue weighted by Crippen LogP contribution is 2.16. The van der Waals surface area contributed by atoms with Crippen molar-refractivity contribution in [2.24, 2.45) is 0 Å². The summed E-state index contributed by atoms with van der Waals surface area (Å²) in [7, 11) is 2.04. The van der Waals surface area contributed by atoms with E-state index in [0.29, 0.717) is 6.54 Å². The summed E-state index contributed by atoms with van der Waals surface area (Å²) in [5.41, 5.74) is 0.760. The molecule has 0 aromatic heterocycles. The number of hydrogen-bond acceptors (Lipinski definition) is 1. The highest BCUT2D eigenvalue weighted by atomic mass is 79.9. The van der Waals surface area contributed by atoms with Crippen molar-refractivity contribution in [1.82, 2.24) is 4.90 Å². The fraction of sp³-hybridized carbons (Fsp3) is 0.538. The van der Waals surface area contributed by atoms with Crippen molar-refractivity contribution in [2.75, 3.05) is 18.9 Å². The zero-order chi connectivity index (χ0) is 12.7. The summed E-state index contributed by atoms with van der Waals surface area (Å²) in [5, 5.41) is 1.07. The van der Waals surface area contributed by atoms with Crippen LogP contribution in [0, 0.1) is 5.82 Å². The fourth-order valence-electron chi connectivity index (χ4n) is 1.67. The van der Waals surface area contributed by atoms with Gasteiger partial charge in [-0.05, 0) is 38.6 Å². The van der Waals surface area contributed by atoms with Gasteiger partial charge in [0.2, 0.25) is 0 Å². The SMILES string of the molecule is CN(CCCCCBr)Cc1ccc(Br)cc1F. The Balaban J connectivity index is 2.37. The van der Waals surface area contributed by atoms with Crippen LogP contribution in [0.3, 0.4) is 0 Å². The van der Waals surface area contributed by atoms with Gasteiger partial charge in [-0.15, -0.1) is 0 Å². The van der Waals surface area contributed by atoms with Crippen molar-refractivity contribution in [3.8, 4) is 0 Å². The molecule has 1 nitrogen and oxygen atoms in total. The number of hydrogen-bond donors (Lipinski definition) is 0. The van der Waals surface area contributed by atoms with Gasteiger partial charge >= 0.3 is 0 Å². The summed E-state index contributed by atoms with van der Waals surface area (Å²) in [5.74, 6) is -0.133. The molecule has 0 aliphatic heterocycles. The number of rotatable bonds is 7. The van der Waals surface area contributed by atoms with Crippen LogP contribution < -0.4 is 0 Å². The van der Waals surface area contributed by atoms with Crippen molar-refractivity contribution in [3.05, 3.63) is 34.1 Å². The van der Waals surface area contributed by atoms with E-state index in [1.54, 1.807) is 0 Å². The van der Waals surface area contributed by atoms with Crippen molar-refractivity contribution in [2.45, 2.75) is 25.8 Å². The quantitative estimate of drug-likeness (QED) is 0.504. The summed E-state index contributed by atoms with van der Waals surface area (Å²) in [6.45, 7) is 1.69. The van der Waals surface area contributed by atoms with Gasteiger partial charge in [0.1, 0.15) is 5.82 Å². The lowest BCUT2D eigenvalue weighted by Crippen LogP contribution is -2.19. The molecule has 0 bridgehead atoms. The predicted octanol–water partition coefficient (Wildman–Crippen LogP) is 4.59. The van der Waals surface area contributed by atoms with Crippen molar-refractivity contribution >= 4 is 31.9 Å². The highest BCUT2D eigenvalue weighted by molar-refractivity contribution is 9.10. The first-order chi connectivity index (χ1) is 8.13. The third-order valence-corrected chi connectivity index (χ3v) is 3.68. The van der Waals surface area contributed by atoms with E-state index in [0.717, 1.165) is 21.9 Å². The number of benzene rings is 1. The normalized spacial score (nSPS) is 11.1. The Kier molecular flexibility index (Phi) is 7.32. The van der Waals surface area contributed by atoms with Crippen LogP contribution in [0.5, 0.6) is 0 Å². The largest absolute Gasteiger partial charge is 0.302 e. The molecule has 0 amide bonds. The number of alkyl halides is 1. The standard InChI is InChI=1S/C13H18Br2FN/c1-17(8-4-2-3-7-14)10-11-5-6-12(15)9-13(11)16/h5-6,9H,2-4,7-8,10H2,1H3. The van der Waals surface area contributed by atoms with Crippen molar-refractivity contribution in [3.63, 3.8) is 0 Å². The Bertz CT molecular complexity index is 344. The minimum atomic E-state index is -0.133. The van der Waals surface area contributed by atoms with Crippen molar-refractivity contribution < 1.29 is 4.39 Å². The Morgan fingerprint density at radius 2 is 2.00 bits per heavy atom. The molecule has 0 saturated heterocycles. The maximum Gasteiger partial charge on any atom is 0.128 e. The lowest BCUT2D eigenvalue weighted by molar-refractivity contribution is 0.313. The monoisotopic (exact) mass is 365 g/mol. The molecule has 0 atom stereocenters. The molecule has 4 heteroatoms. The fourth-order valence-corrected chi connectivity index (χ4v) is 2.40. The van der Waals surface area contributed by atoms with E-state index < -0.39 is 0 Å². The van der Waals surface area contributed by atoms with Crippen LogP contribution in [0.1, 0.15) is 24.8 Å². The van der Waals surface area contributed by atoms with Gasteiger partial charge in [0, 0.05) is 21.9 Å². The lowest BCUT2D eigenvalue weighted by Gasteiger charge is -2.17. The number of nitrogens with zero attached hydrogens (tertiary/aromatic N) is 1. The Labute approximate surface area is 120 Å². The Morgan fingerprint density at radius 1 is 1.24 bits per heavy atom. The summed E-state index contributed by atoms with van der Waals surface area (Å²) in [4.78, 5) is 2.17. The molecule has 0 heterocycles. The van der Waals surface area contributed by atoms with Gasteiger partial charge in [-0.2, -0.15) is 0 Å². The first kappa shape index (κ1) is 15.1. The summed E-state index contributed by atoms with van der Waals surface area (Å²) in [6, 6.07) is 5.25. The summed E-state index contributed by atoms with van der Waals surface area (Å²) < 4.78 is 14.4. The van der Waals surface area contributed by atoms with E-state index in [1.165, 1.54) is 25.3 Å². The minimum absolute atomic E-state index is 0.133. The maximum atomic E-state index is 13.6. The molecule has 1 aromatic rings. The number of halogens is 3. The molecule has 0 N–H and O–H groups in total. The van der Waals surface area contributed by atoms with Crippen LogP contribution in [-0.4, -0.2) is 23.8 Å². The minimum Gasteiger partial charge on any atom is -0.302 e. The highest BCUT2D eigenvalue weighted by Gasteiger charge is 2.05. The maximum absolute atomic E-state index is 13.6. The summed E-state index contributed by atoms with van der Waals surface area (Å²) in [6.07, 6.45) is 3.60. The molecule has 0 radical (unpaired) electrons. The molecular weight excluding hydrogens is 349 g/mol. The zero-order valence-corrected chi connectivity index (χ0v) is 13.2. The van der Waals surface area contributed by atoms with E-state index in [9.17, 15) is 4.39 Å². The summed E-state index contributed by atoms with van der Waals surface area (Å²) >= 11 is 6.68. The second-order valence-corrected chi connectivity index (χ2v) is 5.93. The van der Waals surface area contributed by atoms with Gasteiger partial charge in [-0.3, -0.25) is 0 Å². The second kappa shape index (κ2) is 8.22. The van der Waals surface area contributed by atoms with Crippen LogP contribution in [0.2, 0.25) is 0 Å². The second-order valence-electron chi connectivity index (χ2n) is 4.22. The molecule has 0 fully saturated rings. The van der Waals surface area contributed by atoms with Crippen LogP contribution in [0.25, 0.3) is 0 Å². The van der Waals surface area contributed by atoms with E-state index in [-0.39, 0.29) is 5.82 Å². The van der Waals surface area contributed by atoms with Crippen LogP contribution in [0.4, 0.5) is 4.39 Å². The molecule has 0 aliphatic carbocycles. The average molecular weight is 367 g/mol. The average Bonchev–Trinajstić information content (AvgIpc) is 2.28. The molecular formula is C13H18Br2FN. The van der Waals surface area contributed by atoms with E-state index in [4.69, 9.17) is 0 Å². The first-order valence-electron chi connectivity index (χ1n) is 5.82. The van der Waals surface area contributed by atoms with E-state index in [1.807, 2.05) is 19.2 Å². The predicted molar refractivity (Wildman–Crippen MR) is 78.1 cm³/mol. The van der Waals surface area contributed by atoms with E-state index in [2.05, 4.69) is 36.8 Å². The van der Waals surface area contributed by atoms with Gasteiger partial charge in [-0.25, -0.2) is 4.39 Å². The topological polar surface area (TPSA) is 3.24 Å². The third kappa shape index (κ3) is 5.98. The van der Waals surface area contributed by atoms with Crippen molar-refractivity contribution in [1.29, 1.82) is 0 Å². The lowest BCUT2D eigenvalue weighted by atomic mass is 10.2.